The molecule has 114 valence electrons. The molecule has 1 N–H and O–H groups in total. The first-order valence-electron chi connectivity index (χ1n) is 8.12. The van der Waals surface area contributed by atoms with Gasteiger partial charge in [0.25, 0.3) is 0 Å². The molecule has 19 heavy (non-hydrogen) atoms. The molecule has 0 aromatic carbocycles. The third kappa shape index (κ3) is 5.43. The van der Waals surface area contributed by atoms with Crippen molar-refractivity contribution >= 4 is 0 Å². The van der Waals surface area contributed by atoms with E-state index in [0.29, 0.717) is 17.8 Å². The minimum absolute atomic E-state index is 0.101. The lowest BCUT2D eigenvalue weighted by Gasteiger charge is -2.43. The first-order chi connectivity index (χ1) is 8.72. The summed E-state index contributed by atoms with van der Waals surface area (Å²) in [6, 6.07) is 0. The smallest absolute Gasteiger partial charge is 0.0631 e. The first-order valence-corrected chi connectivity index (χ1v) is 8.12. The van der Waals surface area contributed by atoms with Gasteiger partial charge in [-0.15, -0.1) is 0 Å². The van der Waals surface area contributed by atoms with Crippen molar-refractivity contribution < 1.29 is 5.11 Å². The lowest BCUT2D eigenvalue weighted by atomic mass is 9.69. The van der Waals surface area contributed by atoms with Crippen LogP contribution in [0.3, 0.4) is 0 Å². The Morgan fingerprint density at radius 3 is 2.11 bits per heavy atom. The Bertz CT molecular complexity index is 250. The monoisotopic (exact) mass is 269 g/mol. The molecule has 1 saturated carbocycles. The predicted octanol–water partition coefficient (Wildman–Crippen LogP) is 3.79. The number of aliphatic hydroxyl groups is 1. The van der Waals surface area contributed by atoms with Crippen molar-refractivity contribution in [1.82, 2.24) is 4.90 Å². The Hall–Kier alpha value is -0.0800. The summed E-state index contributed by atoms with van der Waals surface area (Å²) in [6.45, 7) is 17.0. The summed E-state index contributed by atoms with van der Waals surface area (Å²) in [5.74, 6) is 1.86. The highest BCUT2D eigenvalue weighted by molar-refractivity contribution is 4.89. The van der Waals surface area contributed by atoms with Crippen LogP contribution in [-0.2, 0) is 0 Å². The molecule has 1 aliphatic rings. The highest BCUT2D eigenvalue weighted by Gasteiger charge is 2.38. The van der Waals surface area contributed by atoms with Crippen molar-refractivity contribution in [3.8, 4) is 0 Å². The molecule has 0 aromatic rings. The van der Waals surface area contributed by atoms with Crippen LogP contribution in [0.15, 0.2) is 0 Å². The molecule has 0 amide bonds. The fraction of sp³-hybridized carbons (Fsp3) is 1.00. The van der Waals surface area contributed by atoms with Gasteiger partial charge in [0.05, 0.1) is 6.10 Å². The van der Waals surface area contributed by atoms with Crippen molar-refractivity contribution in [3.63, 3.8) is 0 Å². The Morgan fingerprint density at radius 1 is 1.11 bits per heavy atom. The second-order valence-electron chi connectivity index (χ2n) is 8.09. The topological polar surface area (TPSA) is 23.5 Å². The van der Waals surface area contributed by atoms with Gasteiger partial charge in [-0.05, 0) is 36.0 Å². The van der Waals surface area contributed by atoms with Gasteiger partial charge < -0.3 is 10.0 Å². The third-order valence-corrected chi connectivity index (χ3v) is 4.38. The zero-order valence-corrected chi connectivity index (χ0v) is 13.9. The molecular weight excluding hydrogens is 234 g/mol. The number of rotatable bonds is 6. The van der Waals surface area contributed by atoms with Crippen molar-refractivity contribution in [3.05, 3.63) is 0 Å². The average Bonchev–Trinajstić information content (AvgIpc) is 2.22. The summed E-state index contributed by atoms with van der Waals surface area (Å²) in [4.78, 5) is 2.57. The summed E-state index contributed by atoms with van der Waals surface area (Å²) in [7, 11) is 0. The highest BCUT2D eigenvalue weighted by Crippen LogP contribution is 2.39. The van der Waals surface area contributed by atoms with Crippen LogP contribution in [0.5, 0.6) is 0 Å². The molecule has 2 heteroatoms. The summed E-state index contributed by atoms with van der Waals surface area (Å²) in [5, 5.41) is 10.6. The number of nitrogens with zero attached hydrogens (tertiary/aromatic N) is 1. The maximum atomic E-state index is 10.6. The molecule has 0 bridgehead atoms. The van der Waals surface area contributed by atoms with E-state index < -0.39 is 0 Å². The van der Waals surface area contributed by atoms with Crippen molar-refractivity contribution in [1.29, 1.82) is 0 Å². The van der Waals surface area contributed by atoms with Crippen LogP contribution >= 0.6 is 0 Å². The van der Waals surface area contributed by atoms with Gasteiger partial charge in [-0.2, -0.15) is 0 Å². The largest absolute Gasteiger partial charge is 0.392 e. The zero-order chi connectivity index (χ0) is 14.6. The molecule has 0 spiro atoms. The van der Waals surface area contributed by atoms with E-state index in [4.69, 9.17) is 0 Å². The third-order valence-electron chi connectivity index (χ3n) is 4.38. The molecule has 2 atom stereocenters. The van der Waals surface area contributed by atoms with E-state index in [-0.39, 0.29) is 11.5 Å². The van der Waals surface area contributed by atoms with Gasteiger partial charge in [0.1, 0.15) is 0 Å². The van der Waals surface area contributed by atoms with E-state index >= 15 is 0 Å². The van der Waals surface area contributed by atoms with Crippen LogP contribution in [0.4, 0.5) is 0 Å². The van der Waals surface area contributed by atoms with E-state index in [0.717, 1.165) is 19.6 Å². The number of hydrogen-bond acceptors (Lipinski definition) is 2. The molecule has 1 fully saturated rings. The van der Waals surface area contributed by atoms with Crippen LogP contribution in [0.1, 0.15) is 60.8 Å². The molecule has 2 unspecified atom stereocenters. The van der Waals surface area contributed by atoms with Crippen LogP contribution in [0.25, 0.3) is 0 Å². The number of aliphatic hydroxyl groups excluding tert-OH is 1. The van der Waals surface area contributed by atoms with E-state index in [1.807, 2.05) is 0 Å². The fourth-order valence-electron chi connectivity index (χ4n) is 3.54. The van der Waals surface area contributed by atoms with Crippen molar-refractivity contribution in [2.45, 2.75) is 66.9 Å². The summed E-state index contributed by atoms with van der Waals surface area (Å²) in [5.41, 5.74) is 0.101. The Morgan fingerprint density at radius 2 is 1.63 bits per heavy atom. The maximum absolute atomic E-state index is 10.6. The molecule has 2 nitrogen and oxygen atoms in total. The van der Waals surface area contributed by atoms with Crippen LogP contribution in [-0.4, -0.2) is 35.7 Å². The maximum Gasteiger partial charge on any atom is 0.0631 e. The van der Waals surface area contributed by atoms with Gasteiger partial charge in [-0.3, -0.25) is 0 Å². The lowest BCUT2D eigenvalue weighted by Crippen LogP contribution is -2.46. The summed E-state index contributed by atoms with van der Waals surface area (Å²) in [6.07, 6.45) is 3.49. The fourth-order valence-corrected chi connectivity index (χ4v) is 3.54. The summed E-state index contributed by atoms with van der Waals surface area (Å²) >= 11 is 0. The van der Waals surface area contributed by atoms with E-state index in [1.54, 1.807) is 0 Å². The number of hydrogen-bond donors (Lipinski definition) is 1. The second kappa shape index (κ2) is 7.08. The molecule has 0 saturated heterocycles. The van der Waals surface area contributed by atoms with Gasteiger partial charge in [0.15, 0.2) is 0 Å². The normalized spacial score (nSPS) is 27.5. The Kier molecular flexibility index (Phi) is 6.32. The van der Waals surface area contributed by atoms with E-state index in [2.05, 4.69) is 46.4 Å². The minimum atomic E-state index is -0.136. The van der Waals surface area contributed by atoms with Crippen LogP contribution < -0.4 is 0 Å². The molecule has 1 aliphatic carbocycles. The Labute approximate surface area is 120 Å². The Balaban J connectivity index is 2.61. The average molecular weight is 269 g/mol. The SMILES string of the molecule is CC(C)CN(CC(C)C)CC1CCCC(C)(C)C1O. The van der Waals surface area contributed by atoms with Gasteiger partial charge in [-0.1, -0.05) is 48.0 Å². The van der Waals surface area contributed by atoms with Crippen LogP contribution in [0, 0.1) is 23.2 Å². The first kappa shape index (κ1) is 17.0. The molecular formula is C17H35NO. The zero-order valence-electron chi connectivity index (χ0n) is 13.9. The standard InChI is InChI=1S/C17H35NO/c1-13(2)10-18(11-14(3)4)12-15-8-7-9-17(5,6)16(15)19/h13-16,19H,7-12H2,1-6H3. The van der Waals surface area contributed by atoms with Gasteiger partial charge in [0.2, 0.25) is 0 Å². The van der Waals surface area contributed by atoms with Crippen molar-refractivity contribution in [2.24, 2.45) is 23.2 Å². The lowest BCUT2D eigenvalue weighted by molar-refractivity contribution is -0.0446. The van der Waals surface area contributed by atoms with E-state index in [9.17, 15) is 5.11 Å². The van der Waals surface area contributed by atoms with Gasteiger partial charge in [-0.25, -0.2) is 0 Å². The van der Waals surface area contributed by atoms with Crippen molar-refractivity contribution in [2.75, 3.05) is 19.6 Å². The second-order valence-corrected chi connectivity index (χ2v) is 8.09. The molecule has 0 aromatic heterocycles. The van der Waals surface area contributed by atoms with E-state index in [1.165, 1.54) is 19.3 Å². The predicted molar refractivity (Wildman–Crippen MR) is 83.2 cm³/mol. The van der Waals surface area contributed by atoms with Gasteiger partial charge >= 0.3 is 0 Å². The molecule has 0 aliphatic heterocycles. The van der Waals surface area contributed by atoms with Crippen LogP contribution in [0.2, 0.25) is 0 Å². The molecule has 1 rings (SSSR count). The van der Waals surface area contributed by atoms with Gasteiger partial charge in [0, 0.05) is 19.6 Å². The molecule has 0 heterocycles. The summed E-state index contributed by atoms with van der Waals surface area (Å²) < 4.78 is 0. The highest BCUT2D eigenvalue weighted by atomic mass is 16.3. The quantitative estimate of drug-likeness (QED) is 0.793. The molecule has 0 radical (unpaired) electrons. The minimum Gasteiger partial charge on any atom is -0.392 e.